The van der Waals surface area contributed by atoms with E-state index in [9.17, 15) is 14.4 Å². The normalized spacial score (nSPS) is 21.1. The molecule has 0 fully saturated rings. The number of carbonyl (C=O) groups is 3. The van der Waals surface area contributed by atoms with E-state index in [2.05, 4.69) is 10.6 Å². The molecule has 2 aromatic carbocycles. The number of nitrogens with zero attached hydrogens (tertiary/aromatic N) is 1. The molecule has 0 radical (unpaired) electrons. The minimum Gasteiger partial charge on any atom is -0.479 e. The van der Waals surface area contributed by atoms with Gasteiger partial charge < -0.3 is 20.1 Å². The fourth-order valence-corrected chi connectivity index (χ4v) is 3.36. The summed E-state index contributed by atoms with van der Waals surface area (Å²) in [5.74, 6) is 0.195. The van der Waals surface area contributed by atoms with Gasteiger partial charge in [-0.3, -0.25) is 19.3 Å². The second-order valence-electron chi connectivity index (χ2n) is 7.06. The molecule has 0 bridgehead atoms. The Kier molecular flexibility index (Phi) is 4.62. The Balaban J connectivity index is 1.56. The highest BCUT2D eigenvalue weighted by atomic mass is 16.5. The molecule has 0 saturated carbocycles. The predicted molar refractivity (Wildman–Crippen MR) is 107 cm³/mol. The molecule has 8 nitrogen and oxygen atoms in total. The van der Waals surface area contributed by atoms with E-state index >= 15 is 0 Å². The number of carbonyl (C=O) groups excluding carboxylic acids is 3. The maximum Gasteiger partial charge on any atom is 0.268 e. The molecule has 2 aromatic rings. The Morgan fingerprint density at radius 1 is 1.07 bits per heavy atom. The van der Waals surface area contributed by atoms with Gasteiger partial charge in [0.15, 0.2) is 12.2 Å². The van der Waals surface area contributed by atoms with Crippen LogP contribution in [-0.2, 0) is 14.4 Å². The van der Waals surface area contributed by atoms with Crippen molar-refractivity contribution in [2.75, 3.05) is 15.5 Å². The number of benzene rings is 2. The van der Waals surface area contributed by atoms with E-state index < -0.39 is 18.2 Å². The third kappa shape index (κ3) is 3.37. The molecule has 0 saturated heterocycles. The Hall–Kier alpha value is -3.55. The second-order valence-corrected chi connectivity index (χ2v) is 7.06. The molecule has 8 heteroatoms. The molecule has 0 aromatic heterocycles. The van der Waals surface area contributed by atoms with E-state index in [1.54, 1.807) is 57.2 Å². The van der Waals surface area contributed by atoms with Crippen LogP contribution in [0.25, 0.3) is 0 Å². The first kappa shape index (κ1) is 18.8. The number of amides is 3. The molecule has 2 aliphatic rings. The molecule has 0 spiro atoms. The van der Waals surface area contributed by atoms with Gasteiger partial charge in [-0.05, 0) is 51.1 Å². The SMILES string of the molecule is C[C@@H]1Oc2ccc(NC(=O)[C@@H](C)N3C(=O)[C@H](C)Oc4ccccc43)cc2NC1=O. The highest BCUT2D eigenvalue weighted by molar-refractivity contribution is 6.08. The van der Waals surface area contributed by atoms with E-state index in [0.717, 1.165) is 0 Å². The molecule has 150 valence electrons. The first-order chi connectivity index (χ1) is 13.8. The van der Waals surface area contributed by atoms with E-state index in [1.165, 1.54) is 4.90 Å². The van der Waals surface area contributed by atoms with Crippen molar-refractivity contribution in [2.24, 2.45) is 0 Å². The average molecular weight is 395 g/mol. The fraction of sp³-hybridized carbons (Fsp3) is 0.286. The van der Waals surface area contributed by atoms with Gasteiger partial charge in [0.05, 0.1) is 11.4 Å². The zero-order chi connectivity index (χ0) is 20.7. The van der Waals surface area contributed by atoms with Crippen LogP contribution in [-0.4, -0.2) is 36.0 Å². The Bertz CT molecular complexity index is 1010. The lowest BCUT2D eigenvalue weighted by molar-refractivity contribution is -0.128. The standard InChI is InChI=1S/C21H21N3O5/c1-11(24-16-6-4-5-7-18(16)29-13(3)21(24)27)19(25)22-14-8-9-17-15(10-14)23-20(26)12(2)28-17/h4-13H,1-3H3,(H,22,25)(H,23,26)/t11-,12+,13+/m1/s1. The summed E-state index contributed by atoms with van der Waals surface area (Å²) in [7, 11) is 0. The third-order valence-electron chi connectivity index (χ3n) is 4.96. The maximum atomic E-state index is 12.9. The summed E-state index contributed by atoms with van der Waals surface area (Å²) in [4.78, 5) is 38.9. The fourth-order valence-electron chi connectivity index (χ4n) is 3.36. The summed E-state index contributed by atoms with van der Waals surface area (Å²) in [6.07, 6.45) is -1.25. The quantitative estimate of drug-likeness (QED) is 0.833. The van der Waals surface area contributed by atoms with E-state index in [0.29, 0.717) is 28.6 Å². The lowest BCUT2D eigenvalue weighted by Gasteiger charge is -2.36. The van der Waals surface area contributed by atoms with Crippen LogP contribution >= 0.6 is 0 Å². The number of anilines is 3. The van der Waals surface area contributed by atoms with Crippen LogP contribution in [0.2, 0.25) is 0 Å². The Labute approximate surface area is 167 Å². The molecule has 0 unspecified atom stereocenters. The van der Waals surface area contributed by atoms with Gasteiger partial charge in [-0.2, -0.15) is 0 Å². The molecule has 2 aliphatic heterocycles. The third-order valence-corrected chi connectivity index (χ3v) is 4.96. The summed E-state index contributed by atoms with van der Waals surface area (Å²) >= 11 is 0. The first-order valence-electron chi connectivity index (χ1n) is 9.36. The topological polar surface area (TPSA) is 97.0 Å². The van der Waals surface area contributed by atoms with Gasteiger partial charge in [-0.25, -0.2) is 0 Å². The van der Waals surface area contributed by atoms with Crippen molar-refractivity contribution in [2.45, 2.75) is 39.0 Å². The molecule has 3 amide bonds. The molecular weight excluding hydrogens is 374 g/mol. The van der Waals surface area contributed by atoms with E-state index in [1.807, 2.05) is 6.07 Å². The van der Waals surface area contributed by atoms with Crippen molar-refractivity contribution in [1.29, 1.82) is 0 Å². The van der Waals surface area contributed by atoms with Crippen molar-refractivity contribution in [1.82, 2.24) is 0 Å². The zero-order valence-corrected chi connectivity index (χ0v) is 16.3. The molecule has 29 heavy (non-hydrogen) atoms. The molecule has 2 heterocycles. The zero-order valence-electron chi connectivity index (χ0n) is 16.3. The van der Waals surface area contributed by atoms with E-state index in [-0.39, 0.29) is 17.7 Å². The van der Waals surface area contributed by atoms with Crippen LogP contribution in [0.1, 0.15) is 20.8 Å². The molecule has 0 aliphatic carbocycles. The van der Waals surface area contributed by atoms with Crippen molar-refractivity contribution in [3.05, 3.63) is 42.5 Å². The van der Waals surface area contributed by atoms with Crippen molar-refractivity contribution in [3.8, 4) is 11.5 Å². The van der Waals surface area contributed by atoms with Crippen LogP contribution < -0.4 is 25.0 Å². The number of ether oxygens (including phenoxy) is 2. The average Bonchev–Trinajstić information content (AvgIpc) is 2.69. The van der Waals surface area contributed by atoms with Gasteiger partial charge in [0.1, 0.15) is 17.5 Å². The second kappa shape index (κ2) is 7.12. The van der Waals surface area contributed by atoms with Crippen molar-refractivity contribution < 1.29 is 23.9 Å². The van der Waals surface area contributed by atoms with Crippen molar-refractivity contribution in [3.63, 3.8) is 0 Å². The number of para-hydroxylation sites is 2. The molecule has 4 rings (SSSR count). The predicted octanol–water partition coefficient (Wildman–Crippen LogP) is 2.55. The number of fused-ring (bicyclic) bond motifs is 2. The van der Waals surface area contributed by atoms with E-state index in [4.69, 9.17) is 9.47 Å². The number of nitrogens with one attached hydrogen (secondary N) is 2. The molecular formula is C21H21N3O5. The highest BCUT2D eigenvalue weighted by Gasteiger charge is 2.37. The minimum atomic E-state index is -0.767. The molecule has 2 N–H and O–H groups in total. The van der Waals surface area contributed by atoms with Gasteiger partial charge in [-0.15, -0.1) is 0 Å². The smallest absolute Gasteiger partial charge is 0.268 e. The largest absolute Gasteiger partial charge is 0.479 e. The van der Waals surface area contributed by atoms with Crippen molar-refractivity contribution >= 4 is 34.8 Å². The summed E-state index contributed by atoms with van der Waals surface area (Å²) in [6.45, 7) is 4.98. The van der Waals surface area contributed by atoms with Crippen LogP contribution in [0.3, 0.4) is 0 Å². The number of rotatable bonds is 3. The van der Waals surface area contributed by atoms with Crippen LogP contribution in [0.5, 0.6) is 11.5 Å². The van der Waals surface area contributed by atoms with Gasteiger partial charge in [0, 0.05) is 5.69 Å². The lowest BCUT2D eigenvalue weighted by Crippen LogP contribution is -2.52. The van der Waals surface area contributed by atoms with Gasteiger partial charge in [0.25, 0.3) is 11.8 Å². The lowest BCUT2D eigenvalue weighted by atomic mass is 10.1. The monoisotopic (exact) mass is 395 g/mol. The van der Waals surface area contributed by atoms with Crippen LogP contribution in [0.4, 0.5) is 17.1 Å². The maximum absolute atomic E-state index is 12.9. The van der Waals surface area contributed by atoms with Crippen LogP contribution in [0, 0.1) is 0 Å². The van der Waals surface area contributed by atoms with Crippen LogP contribution in [0.15, 0.2) is 42.5 Å². The summed E-state index contributed by atoms with van der Waals surface area (Å²) in [5.41, 5.74) is 1.53. The molecule has 3 atom stereocenters. The number of hydrogen-bond donors (Lipinski definition) is 2. The summed E-state index contributed by atoms with van der Waals surface area (Å²) in [5, 5.41) is 5.55. The first-order valence-corrected chi connectivity index (χ1v) is 9.36. The number of hydrogen-bond acceptors (Lipinski definition) is 5. The van der Waals surface area contributed by atoms with Gasteiger partial charge >= 0.3 is 0 Å². The summed E-state index contributed by atoms with van der Waals surface area (Å²) < 4.78 is 11.1. The van der Waals surface area contributed by atoms with Gasteiger partial charge in [0.2, 0.25) is 5.91 Å². The Morgan fingerprint density at radius 2 is 1.79 bits per heavy atom. The minimum absolute atomic E-state index is 0.251. The Morgan fingerprint density at radius 3 is 2.59 bits per heavy atom. The summed E-state index contributed by atoms with van der Waals surface area (Å²) in [6, 6.07) is 11.3. The highest BCUT2D eigenvalue weighted by Crippen LogP contribution is 2.36. The van der Waals surface area contributed by atoms with Gasteiger partial charge in [-0.1, -0.05) is 12.1 Å².